The monoisotopic (exact) mass is 258 g/mol. The third-order valence-corrected chi connectivity index (χ3v) is 2.24. The fourth-order valence-corrected chi connectivity index (χ4v) is 1.22. The molecule has 0 bridgehead atoms. The standard InChI is InChI=1S/C13H26N2O3/c1-6-10(2)15-11(16)7-8-14-9-12(17)18-13(3,4)5/h10,14H,6-9H2,1-5H3,(H,15,16). The summed E-state index contributed by atoms with van der Waals surface area (Å²) in [6, 6.07) is 0.198. The predicted octanol–water partition coefficient (Wildman–Crippen LogP) is 1.22. The maximum absolute atomic E-state index is 11.4. The lowest BCUT2D eigenvalue weighted by atomic mass is 10.2. The van der Waals surface area contributed by atoms with Crippen molar-refractivity contribution in [2.24, 2.45) is 0 Å². The fraction of sp³-hybridized carbons (Fsp3) is 0.846. The van der Waals surface area contributed by atoms with E-state index in [1.165, 1.54) is 0 Å². The molecular weight excluding hydrogens is 232 g/mol. The van der Waals surface area contributed by atoms with Crippen LogP contribution in [0.25, 0.3) is 0 Å². The van der Waals surface area contributed by atoms with Gasteiger partial charge in [0.1, 0.15) is 5.60 Å². The molecule has 0 fully saturated rings. The molecule has 0 rings (SSSR count). The van der Waals surface area contributed by atoms with E-state index < -0.39 is 5.60 Å². The Hall–Kier alpha value is -1.10. The molecular formula is C13H26N2O3. The number of hydrogen-bond acceptors (Lipinski definition) is 4. The molecule has 2 N–H and O–H groups in total. The summed E-state index contributed by atoms with van der Waals surface area (Å²) >= 11 is 0. The summed E-state index contributed by atoms with van der Waals surface area (Å²) in [5.41, 5.74) is -0.466. The highest BCUT2D eigenvalue weighted by atomic mass is 16.6. The average Bonchev–Trinajstić information content (AvgIpc) is 2.21. The van der Waals surface area contributed by atoms with Gasteiger partial charge in [-0.1, -0.05) is 6.92 Å². The number of nitrogens with one attached hydrogen (secondary N) is 2. The minimum absolute atomic E-state index is 0.000962. The summed E-state index contributed by atoms with van der Waals surface area (Å²) in [5.74, 6) is -0.300. The molecule has 1 atom stereocenters. The Morgan fingerprint density at radius 2 is 1.89 bits per heavy atom. The third-order valence-electron chi connectivity index (χ3n) is 2.24. The van der Waals surface area contributed by atoms with E-state index in [0.717, 1.165) is 6.42 Å². The molecule has 5 heteroatoms. The van der Waals surface area contributed by atoms with Crippen LogP contribution in [0.3, 0.4) is 0 Å². The van der Waals surface area contributed by atoms with Gasteiger partial charge in [-0.3, -0.25) is 9.59 Å². The number of ether oxygens (including phenoxy) is 1. The van der Waals surface area contributed by atoms with Gasteiger partial charge in [0.2, 0.25) is 5.91 Å². The zero-order valence-corrected chi connectivity index (χ0v) is 12.1. The summed E-state index contributed by atoms with van der Waals surface area (Å²) in [4.78, 5) is 22.8. The van der Waals surface area contributed by atoms with E-state index in [2.05, 4.69) is 10.6 Å². The van der Waals surface area contributed by atoms with Gasteiger partial charge in [0, 0.05) is 19.0 Å². The van der Waals surface area contributed by atoms with Crippen molar-refractivity contribution in [3.05, 3.63) is 0 Å². The van der Waals surface area contributed by atoms with Gasteiger partial charge in [-0.15, -0.1) is 0 Å². The second-order valence-corrected chi connectivity index (χ2v) is 5.39. The minimum atomic E-state index is -0.466. The van der Waals surface area contributed by atoms with Crippen molar-refractivity contribution in [2.75, 3.05) is 13.1 Å². The van der Waals surface area contributed by atoms with Crippen LogP contribution in [0.5, 0.6) is 0 Å². The molecule has 18 heavy (non-hydrogen) atoms. The van der Waals surface area contributed by atoms with Crippen molar-refractivity contribution in [3.63, 3.8) is 0 Å². The molecule has 0 aliphatic heterocycles. The lowest BCUT2D eigenvalue weighted by Gasteiger charge is -2.19. The first-order valence-corrected chi connectivity index (χ1v) is 6.46. The van der Waals surface area contributed by atoms with Crippen molar-refractivity contribution < 1.29 is 14.3 Å². The van der Waals surface area contributed by atoms with Crippen LogP contribution in [-0.2, 0) is 14.3 Å². The number of carbonyl (C=O) groups excluding carboxylic acids is 2. The first kappa shape index (κ1) is 16.9. The van der Waals surface area contributed by atoms with Crippen LogP contribution in [0, 0.1) is 0 Å². The Bertz CT molecular complexity index is 272. The van der Waals surface area contributed by atoms with Crippen LogP contribution in [0.2, 0.25) is 0 Å². The fourth-order valence-electron chi connectivity index (χ4n) is 1.22. The molecule has 0 spiro atoms. The summed E-state index contributed by atoms with van der Waals surface area (Å²) in [5, 5.41) is 5.76. The maximum atomic E-state index is 11.4. The van der Waals surface area contributed by atoms with E-state index >= 15 is 0 Å². The number of esters is 1. The molecule has 0 aliphatic rings. The molecule has 0 aromatic heterocycles. The van der Waals surface area contributed by atoms with Crippen LogP contribution in [-0.4, -0.2) is 36.6 Å². The molecule has 0 aromatic rings. The smallest absolute Gasteiger partial charge is 0.320 e. The van der Waals surface area contributed by atoms with Crippen LogP contribution < -0.4 is 10.6 Å². The summed E-state index contributed by atoms with van der Waals surface area (Å²) < 4.78 is 5.12. The lowest BCUT2D eigenvalue weighted by molar-refractivity contribution is -0.153. The van der Waals surface area contributed by atoms with Crippen molar-refractivity contribution in [2.45, 2.75) is 59.1 Å². The number of rotatable bonds is 7. The van der Waals surface area contributed by atoms with Gasteiger partial charge in [0.25, 0.3) is 0 Å². The Labute approximate surface area is 110 Å². The van der Waals surface area contributed by atoms with Crippen LogP contribution in [0.4, 0.5) is 0 Å². The molecule has 5 nitrogen and oxygen atoms in total. The van der Waals surface area contributed by atoms with Crippen LogP contribution in [0.15, 0.2) is 0 Å². The van der Waals surface area contributed by atoms with Gasteiger partial charge in [0.05, 0.1) is 6.54 Å². The second-order valence-electron chi connectivity index (χ2n) is 5.39. The summed E-state index contributed by atoms with van der Waals surface area (Å²) in [6.45, 7) is 10.1. The molecule has 0 heterocycles. The van der Waals surface area contributed by atoms with E-state index in [1.54, 1.807) is 0 Å². The summed E-state index contributed by atoms with van der Waals surface area (Å²) in [6.07, 6.45) is 1.28. The topological polar surface area (TPSA) is 67.4 Å². The molecule has 0 aromatic carbocycles. The van der Waals surface area contributed by atoms with Gasteiger partial charge in [-0.2, -0.15) is 0 Å². The van der Waals surface area contributed by atoms with Crippen molar-refractivity contribution in [1.29, 1.82) is 0 Å². The lowest BCUT2D eigenvalue weighted by Crippen LogP contribution is -2.36. The number of carbonyl (C=O) groups is 2. The predicted molar refractivity (Wildman–Crippen MR) is 71.2 cm³/mol. The first-order valence-electron chi connectivity index (χ1n) is 6.46. The van der Waals surface area contributed by atoms with E-state index in [1.807, 2.05) is 34.6 Å². The molecule has 0 saturated carbocycles. The van der Waals surface area contributed by atoms with Gasteiger partial charge in [0.15, 0.2) is 0 Å². The highest BCUT2D eigenvalue weighted by Gasteiger charge is 2.15. The van der Waals surface area contributed by atoms with Crippen molar-refractivity contribution in [1.82, 2.24) is 10.6 Å². The Kier molecular flexibility index (Phi) is 7.59. The molecule has 0 aliphatic carbocycles. The van der Waals surface area contributed by atoms with Crippen LogP contribution >= 0.6 is 0 Å². The largest absolute Gasteiger partial charge is 0.459 e. The second kappa shape index (κ2) is 8.08. The number of amides is 1. The maximum Gasteiger partial charge on any atom is 0.320 e. The highest BCUT2D eigenvalue weighted by molar-refractivity contribution is 5.76. The molecule has 106 valence electrons. The van der Waals surface area contributed by atoms with Gasteiger partial charge >= 0.3 is 5.97 Å². The van der Waals surface area contributed by atoms with Crippen molar-refractivity contribution in [3.8, 4) is 0 Å². The number of hydrogen-bond donors (Lipinski definition) is 2. The van der Waals surface area contributed by atoms with E-state index in [0.29, 0.717) is 13.0 Å². The van der Waals surface area contributed by atoms with Gasteiger partial charge < -0.3 is 15.4 Å². The van der Waals surface area contributed by atoms with Gasteiger partial charge in [-0.05, 0) is 34.1 Å². The Morgan fingerprint density at radius 3 is 2.39 bits per heavy atom. The normalized spacial score (nSPS) is 12.9. The quantitative estimate of drug-likeness (QED) is 0.532. The molecule has 1 unspecified atom stereocenters. The molecule has 0 radical (unpaired) electrons. The Morgan fingerprint density at radius 1 is 1.28 bits per heavy atom. The van der Waals surface area contributed by atoms with E-state index in [4.69, 9.17) is 4.74 Å². The average molecular weight is 258 g/mol. The first-order chi connectivity index (χ1) is 8.24. The highest BCUT2D eigenvalue weighted by Crippen LogP contribution is 2.06. The van der Waals surface area contributed by atoms with E-state index in [-0.39, 0.29) is 24.5 Å². The SMILES string of the molecule is CCC(C)NC(=O)CCNCC(=O)OC(C)(C)C. The Balaban J connectivity index is 3.62. The zero-order valence-electron chi connectivity index (χ0n) is 12.1. The third kappa shape index (κ3) is 10.1. The zero-order chi connectivity index (χ0) is 14.2. The molecule has 0 saturated heterocycles. The molecule has 1 amide bonds. The van der Waals surface area contributed by atoms with E-state index in [9.17, 15) is 9.59 Å². The summed E-state index contributed by atoms with van der Waals surface area (Å²) in [7, 11) is 0. The van der Waals surface area contributed by atoms with Crippen molar-refractivity contribution >= 4 is 11.9 Å². The minimum Gasteiger partial charge on any atom is -0.459 e. The van der Waals surface area contributed by atoms with Crippen LogP contribution in [0.1, 0.15) is 47.5 Å². The van der Waals surface area contributed by atoms with Gasteiger partial charge in [-0.25, -0.2) is 0 Å².